The number of primary amides is 1. The van der Waals surface area contributed by atoms with E-state index in [1.54, 1.807) is 12.1 Å². The van der Waals surface area contributed by atoms with Gasteiger partial charge < -0.3 is 11.1 Å². The summed E-state index contributed by atoms with van der Waals surface area (Å²) in [6, 6.07) is 7.77. The number of hydrogen-bond acceptors (Lipinski definition) is 5. The van der Waals surface area contributed by atoms with E-state index in [4.69, 9.17) is 17.3 Å². The number of fused-ring (bicyclic) bond motifs is 1. The predicted octanol–water partition coefficient (Wildman–Crippen LogP) is 4.00. The zero-order chi connectivity index (χ0) is 19.6. The Morgan fingerprint density at radius 3 is 2.67 bits per heavy atom. The molecule has 0 saturated carbocycles. The zero-order valence-corrected chi connectivity index (χ0v) is 17.6. The number of hydrogen-bond donors (Lipinski definition) is 2. The first kappa shape index (κ1) is 20.2. The van der Waals surface area contributed by atoms with Crippen LogP contribution < -0.4 is 11.1 Å². The number of rotatable bonds is 6. The van der Waals surface area contributed by atoms with Crippen LogP contribution in [-0.2, 0) is 17.8 Å². The molecule has 0 atom stereocenters. The van der Waals surface area contributed by atoms with Gasteiger partial charge in [0.2, 0.25) is 5.91 Å². The van der Waals surface area contributed by atoms with Gasteiger partial charge in [0.15, 0.2) is 0 Å². The van der Waals surface area contributed by atoms with E-state index in [1.165, 1.54) is 23.1 Å². The van der Waals surface area contributed by atoms with E-state index in [0.29, 0.717) is 21.6 Å². The number of benzene rings is 1. The quantitative estimate of drug-likeness (QED) is 0.688. The summed E-state index contributed by atoms with van der Waals surface area (Å²) in [6.07, 6.45) is 0.775. The van der Waals surface area contributed by atoms with Gasteiger partial charge in [-0.05, 0) is 50.1 Å². The lowest BCUT2D eigenvalue weighted by Gasteiger charge is -2.30. The minimum atomic E-state index is -0.480. The molecule has 0 spiro atoms. The van der Waals surface area contributed by atoms with Gasteiger partial charge >= 0.3 is 0 Å². The number of anilines is 1. The van der Waals surface area contributed by atoms with Crippen LogP contribution in [0.3, 0.4) is 0 Å². The number of nitrogens with one attached hydrogen (secondary N) is 1. The maximum absolute atomic E-state index is 12.4. The van der Waals surface area contributed by atoms with Crippen molar-refractivity contribution in [2.45, 2.75) is 37.8 Å². The highest BCUT2D eigenvalue weighted by atomic mass is 35.5. The second-order valence-corrected chi connectivity index (χ2v) is 9.27. The van der Waals surface area contributed by atoms with Crippen LogP contribution >= 0.6 is 34.7 Å². The standard InChI is InChI=1S/C19H22ClN3O2S2/c1-11(2)23-8-7-14-15(9-23)27-19(17(14)18(21)25)22-16(24)10-26-13-5-3-12(20)4-6-13/h3-6,11H,7-10H2,1-2H3,(H2,21,25)(H,22,24). The van der Waals surface area contributed by atoms with E-state index in [9.17, 15) is 9.59 Å². The molecule has 1 aliphatic heterocycles. The molecule has 0 aliphatic carbocycles. The van der Waals surface area contributed by atoms with Crippen molar-refractivity contribution >= 4 is 51.5 Å². The first-order chi connectivity index (χ1) is 12.8. The summed E-state index contributed by atoms with van der Waals surface area (Å²) in [4.78, 5) is 28.8. The summed E-state index contributed by atoms with van der Waals surface area (Å²) in [5.74, 6) is -0.386. The Kier molecular flexibility index (Phi) is 6.47. The molecule has 2 heterocycles. The Morgan fingerprint density at radius 1 is 1.33 bits per heavy atom. The van der Waals surface area contributed by atoms with Gasteiger partial charge in [0.05, 0.1) is 11.3 Å². The average molecular weight is 424 g/mol. The van der Waals surface area contributed by atoms with Crippen molar-refractivity contribution in [2.75, 3.05) is 17.6 Å². The smallest absolute Gasteiger partial charge is 0.251 e. The van der Waals surface area contributed by atoms with Crippen LogP contribution in [0.15, 0.2) is 29.2 Å². The van der Waals surface area contributed by atoms with Crippen LogP contribution in [0.25, 0.3) is 0 Å². The van der Waals surface area contributed by atoms with Crippen molar-refractivity contribution in [3.8, 4) is 0 Å². The molecule has 1 aliphatic rings. The number of thioether (sulfide) groups is 1. The molecule has 0 saturated heterocycles. The third kappa shape index (κ3) is 4.85. The highest BCUT2D eigenvalue weighted by Crippen LogP contribution is 2.37. The lowest BCUT2D eigenvalue weighted by atomic mass is 10.0. The predicted molar refractivity (Wildman–Crippen MR) is 113 cm³/mol. The van der Waals surface area contributed by atoms with Gasteiger partial charge in [-0.2, -0.15) is 0 Å². The van der Waals surface area contributed by atoms with Crippen LogP contribution in [0, 0.1) is 0 Å². The van der Waals surface area contributed by atoms with Crippen LogP contribution in [0.5, 0.6) is 0 Å². The minimum Gasteiger partial charge on any atom is -0.365 e. The third-order valence-corrected chi connectivity index (χ3v) is 6.90. The van der Waals surface area contributed by atoms with Crippen molar-refractivity contribution in [3.63, 3.8) is 0 Å². The Balaban J connectivity index is 1.71. The summed E-state index contributed by atoms with van der Waals surface area (Å²) in [5.41, 5.74) is 7.08. The molecular formula is C19H22ClN3O2S2. The number of halogens is 1. The second-order valence-electron chi connectivity index (χ2n) is 6.68. The molecule has 3 rings (SSSR count). The molecule has 2 amide bonds. The SMILES string of the molecule is CC(C)N1CCc2c(sc(NC(=O)CSc3ccc(Cl)cc3)c2C(N)=O)C1. The molecule has 1 aromatic carbocycles. The molecule has 0 fully saturated rings. The molecule has 5 nitrogen and oxygen atoms in total. The van der Waals surface area contributed by atoms with Crippen molar-refractivity contribution in [1.82, 2.24) is 4.90 Å². The Labute approximate surface area is 172 Å². The Morgan fingerprint density at radius 2 is 2.04 bits per heavy atom. The van der Waals surface area contributed by atoms with Gasteiger partial charge in [0, 0.05) is 33.9 Å². The first-order valence-corrected chi connectivity index (χ1v) is 10.9. The summed E-state index contributed by atoms with van der Waals surface area (Å²) in [7, 11) is 0. The van der Waals surface area contributed by atoms with Crippen LogP contribution in [-0.4, -0.2) is 35.1 Å². The van der Waals surface area contributed by atoms with Crippen molar-refractivity contribution in [1.29, 1.82) is 0 Å². The lowest BCUT2D eigenvalue weighted by Crippen LogP contribution is -2.35. The molecule has 144 valence electrons. The topological polar surface area (TPSA) is 75.4 Å². The van der Waals surface area contributed by atoms with Crippen molar-refractivity contribution in [2.24, 2.45) is 5.73 Å². The molecule has 27 heavy (non-hydrogen) atoms. The largest absolute Gasteiger partial charge is 0.365 e. The molecule has 0 unspecified atom stereocenters. The number of carbonyl (C=O) groups excluding carboxylic acids is 2. The average Bonchev–Trinajstić information content (AvgIpc) is 2.98. The zero-order valence-electron chi connectivity index (χ0n) is 15.3. The third-order valence-electron chi connectivity index (χ3n) is 4.50. The number of thiophene rings is 1. The second kappa shape index (κ2) is 8.65. The van der Waals surface area contributed by atoms with E-state index in [0.717, 1.165) is 34.8 Å². The summed E-state index contributed by atoms with van der Waals surface area (Å²) in [6.45, 7) is 5.99. The monoisotopic (exact) mass is 423 g/mol. The number of amides is 2. The van der Waals surface area contributed by atoms with Gasteiger partial charge in [0.25, 0.3) is 5.91 Å². The fourth-order valence-electron chi connectivity index (χ4n) is 3.06. The van der Waals surface area contributed by atoms with Gasteiger partial charge in [-0.25, -0.2) is 0 Å². The van der Waals surface area contributed by atoms with Crippen LogP contribution in [0.1, 0.15) is 34.6 Å². The van der Waals surface area contributed by atoms with Crippen molar-refractivity contribution < 1.29 is 9.59 Å². The Bertz CT molecular complexity index is 849. The van der Waals surface area contributed by atoms with Crippen LogP contribution in [0.2, 0.25) is 5.02 Å². The number of carbonyl (C=O) groups is 2. The fourth-order valence-corrected chi connectivity index (χ4v) is 5.17. The maximum Gasteiger partial charge on any atom is 0.251 e. The van der Waals surface area contributed by atoms with E-state index in [2.05, 4.69) is 24.1 Å². The lowest BCUT2D eigenvalue weighted by molar-refractivity contribution is -0.113. The molecular weight excluding hydrogens is 402 g/mol. The summed E-state index contributed by atoms with van der Waals surface area (Å²) < 4.78 is 0. The minimum absolute atomic E-state index is 0.156. The van der Waals surface area contributed by atoms with Crippen LogP contribution in [0.4, 0.5) is 5.00 Å². The molecule has 0 bridgehead atoms. The number of nitrogens with two attached hydrogens (primary N) is 1. The summed E-state index contributed by atoms with van der Waals surface area (Å²) in [5, 5.41) is 4.12. The molecule has 3 N–H and O–H groups in total. The van der Waals surface area contributed by atoms with Gasteiger partial charge in [-0.3, -0.25) is 14.5 Å². The fraction of sp³-hybridized carbons (Fsp3) is 0.368. The molecule has 8 heteroatoms. The van der Waals surface area contributed by atoms with Gasteiger partial charge in [-0.15, -0.1) is 23.1 Å². The molecule has 2 aromatic rings. The maximum atomic E-state index is 12.4. The van der Waals surface area contributed by atoms with Gasteiger partial charge in [0.1, 0.15) is 5.00 Å². The molecule has 0 radical (unpaired) electrons. The summed E-state index contributed by atoms with van der Waals surface area (Å²) >= 11 is 8.76. The van der Waals surface area contributed by atoms with E-state index in [1.807, 2.05) is 12.1 Å². The first-order valence-electron chi connectivity index (χ1n) is 8.71. The highest BCUT2D eigenvalue weighted by Gasteiger charge is 2.28. The van der Waals surface area contributed by atoms with E-state index in [-0.39, 0.29) is 11.7 Å². The van der Waals surface area contributed by atoms with E-state index < -0.39 is 5.91 Å². The normalized spacial score (nSPS) is 14.2. The van der Waals surface area contributed by atoms with E-state index >= 15 is 0 Å². The van der Waals surface area contributed by atoms with Crippen molar-refractivity contribution in [3.05, 3.63) is 45.3 Å². The number of nitrogens with zero attached hydrogens (tertiary/aromatic N) is 1. The van der Waals surface area contributed by atoms with Gasteiger partial charge in [-0.1, -0.05) is 11.6 Å². The Hall–Kier alpha value is -1.54. The highest BCUT2D eigenvalue weighted by molar-refractivity contribution is 8.00. The molecule has 1 aromatic heterocycles.